The summed E-state index contributed by atoms with van der Waals surface area (Å²) in [6.45, 7) is 0.821. The van der Waals surface area contributed by atoms with Crippen molar-refractivity contribution < 1.29 is 28.8 Å². The van der Waals surface area contributed by atoms with E-state index in [1.165, 1.54) is 31.2 Å². The number of Topliss-reactive ketones (excluding diaryl/α,β-unsaturated/α-hetero) is 1. The number of benzene rings is 1. The van der Waals surface area contributed by atoms with E-state index in [-0.39, 0.29) is 34.9 Å². The van der Waals surface area contributed by atoms with Gasteiger partial charge in [-0.1, -0.05) is 12.2 Å². The van der Waals surface area contributed by atoms with E-state index in [0.29, 0.717) is 0 Å². The number of hydrogen-bond acceptors (Lipinski definition) is 7. The fraction of sp³-hybridized carbons (Fsp3) is 0.400. The highest BCUT2D eigenvalue weighted by Crippen LogP contribution is 2.52. The number of rotatable bonds is 6. The Morgan fingerprint density at radius 3 is 2.21 bits per heavy atom. The number of imide groups is 1. The number of esters is 1. The molecule has 150 valence electrons. The Labute approximate surface area is 165 Å². The average molecular weight is 398 g/mol. The Bertz CT molecular complexity index is 922. The lowest BCUT2D eigenvalue weighted by Crippen LogP contribution is -2.45. The Hall–Kier alpha value is -3.36. The molecule has 1 aliphatic heterocycles. The molecule has 4 rings (SSSR count). The van der Waals surface area contributed by atoms with E-state index >= 15 is 0 Å². The number of ether oxygens (including phenoxy) is 1. The highest BCUT2D eigenvalue weighted by Gasteiger charge is 2.60. The summed E-state index contributed by atoms with van der Waals surface area (Å²) in [4.78, 5) is 61.0. The molecule has 9 heteroatoms. The molecule has 2 fully saturated rings. The van der Waals surface area contributed by atoms with E-state index in [1.54, 1.807) is 0 Å². The number of fused-ring (bicyclic) bond motifs is 5. The topological polar surface area (TPSA) is 124 Å². The number of carbonyl (C=O) groups excluding carboxylic acids is 4. The smallest absolute Gasteiger partial charge is 0.329 e. The molecule has 1 aromatic carbocycles. The van der Waals surface area contributed by atoms with E-state index in [0.717, 1.165) is 11.3 Å². The fourth-order valence-corrected chi connectivity index (χ4v) is 4.52. The van der Waals surface area contributed by atoms with Crippen LogP contribution in [-0.2, 0) is 19.1 Å². The number of allylic oxidation sites excluding steroid dienone is 2. The van der Waals surface area contributed by atoms with Gasteiger partial charge in [-0.05, 0) is 37.3 Å². The molecule has 1 heterocycles. The zero-order valence-corrected chi connectivity index (χ0v) is 15.5. The number of likely N-dealkylation sites (tertiary alicyclic amines) is 1. The number of nitro benzene ring substituents is 1. The van der Waals surface area contributed by atoms with Crippen molar-refractivity contribution in [1.82, 2.24) is 4.90 Å². The molecule has 3 aliphatic rings. The highest BCUT2D eigenvalue weighted by atomic mass is 16.6. The largest absolute Gasteiger partial charge is 0.456 e. The van der Waals surface area contributed by atoms with Crippen LogP contribution in [0.15, 0.2) is 36.4 Å². The summed E-state index contributed by atoms with van der Waals surface area (Å²) in [5.41, 5.74) is -0.00575. The van der Waals surface area contributed by atoms with Crippen molar-refractivity contribution in [2.75, 3.05) is 6.61 Å². The van der Waals surface area contributed by atoms with Crippen LogP contribution in [0.4, 0.5) is 5.69 Å². The highest BCUT2D eigenvalue weighted by molar-refractivity contribution is 6.09. The minimum absolute atomic E-state index is 0.0402. The predicted molar refractivity (Wildman–Crippen MR) is 97.4 cm³/mol. The van der Waals surface area contributed by atoms with Crippen LogP contribution in [0.1, 0.15) is 23.7 Å². The number of non-ortho nitro benzene ring substituents is 1. The van der Waals surface area contributed by atoms with E-state index in [9.17, 15) is 29.3 Å². The first kappa shape index (κ1) is 19.0. The monoisotopic (exact) mass is 398 g/mol. The lowest BCUT2D eigenvalue weighted by molar-refractivity contribution is -0.384. The molecule has 2 amide bonds. The second-order valence-corrected chi connectivity index (χ2v) is 7.56. The van der Waals surface area contributed by atoms with Gasteiger partial charge < -0.3 is 4.74 Å². The zero-order valence-electron chi connectivity index (χ0n) is 15.5. The van der Waals surface area contributed by atoms with Crippen LogP contribution in [0.25, 0.3) is 0 Å². The van der Waals surface area contributed by atoms with Crippen LogP contribution < -0.4 is 0 Å². The van der Waals surface area contributed by atoms with Crippen LogP contribution in [0.2, 0.25) is 0 Å². The molecule has 9 nitrogen and oxygen atoms in total. The normalized spacial score (nSPS) is 27.8. The third-order valence-electron chi connectivity index (χ3n) is 5.98. The van der Waals surface area contributed by atoms with Gasteiger partial charge in [0.1, 0.15) is 6.04 Å². The van der Waals surface area contributed by atoms with Crippen LogP contribution in [0.3, 0.4) is 0 Å². The molecular weight excluding hydrogens is 380 g/mol. The maximum absolute atomic E-state index is 12.7. The molecule has 5 atom stereocenters. The summed E-state index contributed by atoms with van der Waals surface area (Å²) in [6, 6.07) is 3.79. The maximum atomic E-state index is 12.7. The Kier molecular flexibility index (Phi) is 4.52. The van der Waals surface area contributed by atoms with Gasteiger partial charge in [-0.3, -0.25) is 29.4 Å². The molecule has 0 spiro atoms. The summed E-state index contributed by atoms with van der Waals surface area (Å²) >= 11 is 0. The number of nitrogens with zero attached hydrogens (tertiary/aromatic N) is 2. The minimum Gasteiger partial charge on any atom is -0.456 e. The van der Waals surface area contributed by atoms with Gasteiger partial charge in [0.2, 0.25) is 11.8 Å². The average Bonchev–Trinajstić information content (AvgIpc) is 3.39. The molecule has 2 bridgehead atoms. The number of amides is 2. The Balaban J connectivity index is 1.37. The molecule has 1 saturated heterocycles. The molecule has 0 radical (unpaired) electrons. The van der Waals surface area contributed by atoms with Gasteiger partial charge in [-0.15, -0.1) is 0 Å². The second-order valence-electron chi connectivity index (χ2n) is 7.56. The third-order valence-corrected chi connectivity index (χ3v) is 5.98. The van der Waals surface area contributed by atoms with E-state index in [4.69, 9.17) is 4.74 Å². The molecule has 0 N–H and O–H groups in total. The second kappa shape index (κ2) is 6.91. The van der Waals surface area contributed by atoms with Gasteiger partial charge in [0.15, 0.2) is 12.4 Å². The number of ketones is 1. The van der Waals surface area contributed by atoms with Gasteiger partial charge in [0.25, 0.3) is 5.69 Å². The summed E-state index contributed by atoms with van der Waals surface area (Å²) in [5, 5.41) is 10.7. The van der Waals surface area contributed by atoms with Crippen molar-refractivity contribution in [3.05, 3.63) is 52.1 Å². The van der Waals surface area contributed by atoms with Gasteiger partial charge in [0.05, 0.1) is 16.8 Å². The molecular formula is C20H18N2O7. The zero-order chi connectivity index (χ0) is 20.9. The van der Waals surface area contributed by atoms with Crippen LogP contribution in [0.5, 0.6) is 0 Å². The molecule has 0 unspecified atom stereocenters. The van der Waals surface area contributed by atoms with Gasteiger partial charge in [-0.2, -0.15) is 0 Å². The SMILES string of the molecule is C[C@H](C(=O)OCC(=O)c1ccc([N+](=O)[O-])cc1)N1C(=O)[C@@H]2[C@H](C1=O)[C@H]1C=C[C@H]2C1. The molecule has 1 saturated carbocycles. The van der Waals surface area contributed by atoms with E-state index in [2.05, 4.69) is 0 Å². The molecule has 1 aromatic rings. The summed E-state index contributed by atoms with van der Waals surface area (Å²) in [6.07, 6.45) is 4.72. The number of nitro groups is 1. The number of carbonyl (C=O) groups is 4. The summed E-state index contributed by atoms with van der Waals surface area (Å²) < 4.78 is 5.01. The molecule has 29 heavy (non-hydrogen) atoms. The summed E-state index contributed by atoms with van der Waals surface area (Å²) in [5.74, 6) is -2.84. The maximum Gasteiger partial charge on any atom is 0.329 e. The van der Waals surface area contributed by atoms with E-state index in [1.807, 2.05) is 12.2 Å². The Morgan fingerprint density at radius 2 is 1.69 bits per heavy atom. The first-order valence-electron chi connectivity index (χ1n) is 9.29. The van der Waals surface area contributed by atoms with Gasteiger partial charge in [-0.25, -0.2) is 4.79 Å². The van der Waals surface area contributed by atoms with Crippen molar-refractivity contribution >= 4 is 29.3 Å². The first-order valence-corrected chi connectivity index (χ1v) is 9.29. The van der Waals surface area contributed by atoms with Crippen molar-refractivity contribution in [3.8, 4) is 0 Å². The van der Waals surface area contributed by atoms with Crippen molar-refractivity contribution in [1.29, 1.82) is 0 Å². The quantitative estimate of drug-likeness (QED) is 0.178. The van der Waals surface area contributed by atoms with Crippen LogP contribution in [-0.4, -0.2) is 46.0 Å². The number of hydrogen-bond donors (Lipinski definition) is 0. The van der Waals surface area contributed by atoms with E-state index < -0.39 is 41.2 Å². The Morgan fingerprint density at radius 1 is 1.14 bits per heavy atom. The lowest BCUT2D eigenvalue weighted by atomic mass is 9.85. The third kappa shape index (κ3) is 3.02. The van der Waals surface area contributed by atoms with Crippen molar-refractivity contribution in [2.24, 2.45) is 23.7 Å². The van der Waals surface area contributed by atoms with Crippen LogP contribution in [0, 0.1) is 33.8 Å². The fourth-order valence-electron chi connectivity index (χ4n) is 4.52. The van der Waals surface area contributed by atoms with Crippen LogP contribution >= 0.6 is 0 Å². The first-order chi connectivity index (χ1) is 13.8. The molecule has 2 aliphatic carbocycles. The standard InChI is InChI=1S/C20H18N2O7/c1-10(21-18(24)16-12-2-3-13(8-12)17(16)19(21)25)20(26)29-9-15(23)11-4-6-14(7-5-11)22(27)28/h2-7,10,12-13,16-17H,8-9H2,1H3/t10-,12+,13+,16-,17+/m1/s1. The summed E-state index contributed by atoms with van der Waals surface area (Å²) in [7, 11) is 0. The minimum atomic E-state index is -1.12. The lowest BCUT2D eigenvalue weighted by Gasteiger charge is -2.23. The van der Waals surface area contributed by atoms with Crippen molar-refractivity contribution in [3.63, 3.8) is 0 Å². The van der Waals surface area contributed by atoms with Gasteiger partial charge in [0, 0.05) is 17.7 Å². The van der Waals surface area contributed by atoms with Crippen molar-refractivity contribution in [2.45, 2.75) is 19.4 Å². The molecule has 0 aromatic heterocycles. The van der Waals surface area contributed by atoms with Gasteiger partial charge >= 0.3 is 5.97 Å². The predicted octanol–water partition coefficient (Wildman–Crippen LogP) is 1.52.